The van der Waals surface area contributed by atoms with E-state index in [1.165, 1.54) is 19.2 Å². The van der Waals surface area contributed by atoms with Gasteiger partial charge in [0, 0.05) is 6.07 Å². The van der Waals surface area contributed by atoms with E-state index in [4.69, 9.17) is 4.74 Å². The Hall–Kier alpha value is -2.15. The maximum absolute atomic E-state index is 11.4. The zero-order chi connectivity index (χ0) is 14.4. The van der Waals surface area contributed by atoms with Crippen LogP contribution in [0.25, 0.3) is 0 Å². The number of rotatable bonds is 6. The average molecular weight is 268 g/mol. The summed E-state index contributed by atoms with van der Waals surface area (Å²) in [6, 6.07) is 3.71. The van der Waals surface area contributed by atoms with Crippen molar-refractivity contribution in [1.82, 2.24) is 5.32 Å². The number of carbonyl (C=O) groups excluding carboxylic acids is 1. The lowest BCUT2D eigenvalue weighted by Crippen LogP contribution is -2.40. The minimum Gasteiger partial charge on any atom is -0.491 e. The summed E-state index contributed by atoms with van der Waals surface area (Å²) < 4.78 is 10.0. The Labute approximate surface area is 110 Å². The second kappa shape index (κ2) is 6.69. The summed E-state index contributed by atoms with van der Waals surface area (Å²) >= 11 is 0. The first kappa shape index (κ1) is 14.9. The van der Waals surface area contributed by atoms with E-state index in [9.17, 15) is 14.9 Å². The van der Waals surface area contributed by atoms with Crippen LogP contribution in [0.15, 0.2) is 18.2 Å². The lowest BCUT2D eigenvalue weighted by molar-refractivity contribution is -0.384. The van der Waals surface area contributed by atoms with Gasteiger partial charge >= 0.3 is 5.97 Å². The highest BCUT2D eigenvalue weighted by Crippen LogP contribution is 2.24. The topological polar surface area (TPSA) is 90.7 Å². The van der Waals surface area contributed by atoms with Crippen LogP contribution in [0.2, 0.25) is 0 Å². The minimum atomic E-state index is -0.622. The molecule has 0 aliphatic heterocycles. The molecule has 0 amide bonds. The molecule has 7 heteroatoms. The van der Waals surface area contributed by atoms with Crippen LogP contribution in [-0.4, -0.2) is 37.7 Å². The van der Waals surface area contributed by atoms with E-state index < -0.39 is 16.9 Å². The van der Waals surface area contributed by atoms with Crippen LogP contribution in [0.3, 0.4) is 0 Å². The standard InChI is InChI=1S/C12H16N2O5/c1-8-4-5-9(14(16)17)6-11(8)19-7-10(13-2)12(15)18-3/h4-6,10,13H,7H2,1-3H3. The van der Waals surface area contributed by atoms with Crippen molar-refractivity contribution in [2.75, 3.05) is 20.8 Å². The Morgan fingerprint density at radius 2 is 2.21 bits per heavy atom. The number of carbonyl (C=O) groups is 1. The van der Waals surface area contributed by atoms with Crippen LogP contribution in [-0.2, 0) is 9.53 Å². The summed E-state index contributed by atoms with van der Waals surface area (Å²) in [7, 11) is 2.89. The van der Waals surface area contributed by atoms with Crippen LogP contribution in [0.4, 0.5) is 5.69 Å². The Bertz CT molecular complexity index is 475. The smallest absolute Gasteiger partial charge is 0.326 e. The van der Waals surface area contributed by atoms with Gasteiger partial charge in [0.05, 0.1) is 18.1 Å². The van der Waals surface area contributed by atoms with Gasteiger partial charge in [-0.2, -0.15) is 0 Å². The minimum absolute atomic E-state index is 0.0329. The number of nitrogens with zero attached hydrogens (tertiary/aromatic N) is 1. The van der Waals surface area contributed by atoms with Crippen molar-refractivity contribution in [3.63, 3.8) is 0 Å². The molecule has 1 rings (SSSR count). The van der Waals surface area contributed by atoms with E-state index in [-0.39, 0.29) is 12.3 Å². The van der Waals surface area contributed by atoms with E-state index in [2.05, 4.69) is 10.1 Å². The number of esters is 1. The van der Waals surface area contributed by atoms with Gasteiger partial charge in [0.25, 0.3) is 5.69 Å². The molecule has 0 aliphatic carbocycles. The van der Waals surface area contributed by atoms with Crippen molar-refractivity contribution in [2.24, 2.45) is 0 Å². The number of non-ortho nitro benzene ring substituents is 1. The zero-order valence-electron chi connectivity index (χ0n) is 11.0. The van der Waals surface area contributed by atoms with Crippen molar-refractivity contribution >= 4 is 11.7 Å². The van der Waals surface area contributed by atoms with Gasteiger partial charge in [-0.1, -0.05) is 0 Å². The first-order valence-electron chi connectivity index (χ1n) is 5.62. The molecule has 0 heterocycles. The highest BCUT2D eigenvalue weighted by molar-refractivity contribution is 5.75. The van der Waals surface area contributed by atoms with Crippen LogP contribution in [0.1, 0.15) is 5.56 Å². The van der Waals surface area contributed by atoms with E-state index >= 15 is 0 Å². The molecule has 0 aliphatic rings. The Balaban J connectivity index is 2.79. The van der Waals surface area contributed by atoms with E-state index in [1.54, 1.807) is 20.0 Å². The van der Waals surface area contributed by atoms with Gasteiger partial charge in [0.15, 0.2) is 0 Å². The fourth-order valence-corrected chi connectivity index (χ4v) is 1.44. The first-order chi connectivity index (χ1) is 8.99. The highest BCUT2D eigenvalue weighted by atomic mass is 16.6. The van der Waals surface area contributed by atoms with Crippen LogP contribution < -0.4 is 10.1 Å². The Morgan fingerprint density at radius 1 is 1.53 bits per heavy atom. The predicted molar refractivity (Wildman–Crippen MR) is 68.2 cm³/mol. The summed E-state index contributed by atoms with van der Waals surface area (Å²) in [6.45, 7) is 1.80. The molecule has 7 nitrogen and oxygen atoms in total. The second-order valence-corrected chi connectivity index (χ2v) is 3.88. The van der Waals surface area contributed by atoms with Crippen molar-refractivity contribution in [3.05, 3.63) is 33.9 Å². The number of benzene rings is 1. The molecule has 0 saturated carbocycles. The molecule has 0 aromatic heterocycles. The third kappa shape index (κ3) is 3.92. The van der Waals surface area contributed by atoms with E-state index in [0.29, 0.717) is 5.75 Å². The lowest BCUT2D eigenvalue weighted by atomic mass is 10.2. The number of nitro groups is 1. The highest BCUT2D eigenvalue weighted by Gasteiger charge is 2.18. The first-order valence-corrected chi connectivity index (χ1v) is 5.62. The lowest BCUT2D eigenvalue weighted by Gasteiger charge is -2.15. The third-order valence-electron chi connectivity index (χ3n) is 2.62. The van der Waals surface area contributed by atoms with Crippen LogP contribution in [0, 0.1) is 17.0 Å². The Kier molecular flexibility index (Phi) is 5.25. The van der Waals surface area contributed by atoms with Gasteiger partial charge in [-0.15, -0.1) is 0 Å². The number of ether oxygens (including phenoxy) is 2. The number of hydrogen-bond donors (Lipinski definition) is 1. The zero-order valence-corrected chi connectivity index (χ0v) is 11.0. The van der Waals surface area contributed by atoms with Crippen molar-refractivity contribution in [1.29, 1.82) is 0 Å². The fourth-order valence-electron chi connectivity index (χ4n) is 1.44. The maximum Gasteiger partial charge on any atom is 0.326 e. The number of methoxy groups -OCH3 is 1. The quantitative estimate of drug-likeness (QED) is 0.471. The SMILES string of the molecule is CNC(COc1cc([N+](=O)[O-])ccc1C)C(=O)OC. The van der Waals surface area contributed by atoms with Gasteiger partial charge in [-0.25, -0.2) is 0 Å². The van der Waals surface area contributed by atoms with Crippen molar-refractivity contribution in [2.45, 2.75) is 13.0 Å². The maximum atomic E-state index is 11.4. The molecular formula is C12H16N2O5. The summed E-state index contributed by atoms with van der Waals surface area (Å²) in [6.07, 6.45) is 0. The molecular weight excluding hydrogens is 252 g/mol. The molecule has 0 fully saturated rings. The summed E-state index contributed by atoms with van der Waals surface area (Å²) in [5.41, 5.74) is 0.699. The molecule has 1 N–H and O–H groups in total. The molecule has 0 saturated heterocycles. The van der Waals surface area contributed by atoms with Crippen LogP contribution >= 0.6 is 0 Å². The second-order valence-electron chi connectivity index (χ2n) is 3.88. The number of aryl methyl sites for hydroxylation is 1. The van der Waals surface area contributed by atoms with Crippen LogP contribution in [0.5, 0.6) is 5.75 Å². The molecule has 104 valence electrons. The largest absolute Gasteiger partial charge is 0.491 e. The third-order valence-corrected chi connectivity index (χ3v) is 2.62. The number of nitrogens with one attached hydrogen (secondary N) is 1. The number of hydrogen-bond acceptors (Lipinski definition) is 6. The van der Waals surface area contributed by atoms with Gasteiger partial charge in [0.2, 0.25) is 0 Å². The fraction of sp³-hybridized carbons (Fsp3) is 0.417. The summed E-state index contributed by atoms with van der Waals surface area (Å²) in [5, 5.41) is 13.4. The van der Waals surface area contributed by atoms with Gasteiger partial charge in [-0.3, -0.25) is 14.9 Å². The molecule has 1 aromatic rings. The van der Waals surface area contributed by atoms with E-state index in [1.807, 2.05) is 0 Å². The van der Waals surface area contributed by atoms with Gasteiger partial charge in [-0.05, 0) is 25.6 Å². The average Bonchev–Trinajstić information content (AvgIpc) is 2.40. The molecule has 0 radical (unpaired) electrons. The monoisotopic (exact) mass is 268 g/mol. The molecule has 19 heavy (non-hydrogen) atoms. The van der Waals surface area contributed by atoms with Gasteiger partial charge < -0.3 is 14.8 Å². The summed E-state index contributed by atoms with van der Waals surface area (Å²) in [5.74, 6) is -0.0797. The molecule has 1 aromatic carbocycles. The van der Waals surface area contributed by atoms with E-state index in [0.717, 1.165) is 5.56 Å². The number of nitro benzene ring substituents is 1. The van der Waals surface area contributed by atoms with Gasteiger partial charge in [0.1, 0.15) is 18.4 Å². The van der Waals surface area contributed by atoms with Crippen molar-refractivity contribution in [3.8, 4) is 5.75 Å². The molecule has 1 unspecified atom stereocenters. The number of likely N-dealkylation sites (N-methyl/N-ethyl adjacent to an activating group) is 1. The summed E-state index contributed by atoms with van der Waals surface area (Å²) in [4.78, 5) is 21.5. The predicted octanol–water partition coefficient (Wildman–Crippen LogP) is 1.04. The molecule has 0 bridgehead atoms. The molecule has 0 spiro atoms. The normalized spacial score (nSPS) is 11.7. The Morgan fingerprint density at radius 3 is 2.74 bits per heavy atom. The van der Waals surface area contributed by atoms with Crippen molar-refractivity contribution < 1.29 is 19.2 Å². The molecule has 1 atom stereocenters.